The van der Waals surface area contributed by atoms with Crippen LogP contribution in [0.2, 0.25) is 0 Å². The van der Waals surface area contributed by atoms with E-state index in [0.29, 0.717) is 12.0 Å². The van der Waals surface area contributed by atoms with E-state index in [0.717, 1.165) is 0 Å². The third-order valence-electron chi connectivity index (χ3n) is 2.80. The molecule has 1 aliphatic rings. The number of rotatable bonds is 2. The lowest BCUT2D eigenvalue weighted by Gasteiger charge is -2.14. The Morgan fingerprint density at radius 1 is 1.65 bits per heavy atom. The highest BCUT2D eigenvalue weighted by molar-refractivity contribution is 9.09. The smallest absolute Gasteiger partial charge is 0.330 e. The van der Waals surface area contributed by atoms with Crippen molar-refractivity contribution in [1.82, 2.24) is 9.55 Å². The number of hydrogen-bond acceptors (Lipinski definition) is 4. The van der Waals surface area contributed by atoms with Crippen LogP contribution in [0.15, 0.2) is 15.8 Å². The minimum atomic E-state index is -0.496. The highest BCUT2D eigenvalue weighted by Gasteiger charge is 2.34. The number of ether oxygens (including phenoxy) is 1. The number of aliphatic hydroxyl groups excluding tert-OH is 1. The Bertz CT molecular complexity index is 524. The van der Waals surface area contributed by atoms with Gasteiger partial charge < -0.3 is 9.84 Å². The average Bonchev–Trinajstić information content (AvgIpc) is 2.65. The fraction of sp³-hybridized carbons (Fsp3) is 0.600. The van der Waals surface area contributed by atoms with Gasteiger partial charge in [0.1, 0.15) is 6.23 Å². The Kier molecular flexibility index (Phi) is 3.50. The summed E-state index contributed by atoms with van der Waals surface area (Å²) in [5, 5.41) is 9.07. The van der Waals surface area contributed by atoms with Crippen molar-refractivity contribution in [3.8, 4) is 0 Å². The molecule has 1 aromatic rings. The van der Waals surface area contributed by atoms with Crippen molar-refractivity contribution in [3.05, 3.63) is 32.6 Å². The van der Waals surface area contributed by atoms with Crippen LogP contribution < -0.4 is 11.2 Å². The van der Waals surface area contributed by atoms with E-state index < -0.39 is 17.5 Å². The van der Waals surface area contributed by atoms with Gasteiger partial charge >= 0.3 is 5.69 Å². The number of nitrogens with one attached hydrogen (secondary N) is 1. The fourth-order valence-electron chi connectivity index (χ4n) is 1.82. The van der Waals surface area contributed by atoms with E-state index in [1.54, 1.807) is 6.92 Å². The van der Waals surface area contributed by atoms with Crippen LogP contribution in [-0.4, -0.2) is 32.2 Å². The quantitative estimate of drug-likeness (QED) is 0.747. The number of aromatic amines is 1. The number of alkyl halides is 1. The molecular weight excluding hydrogens is 292 g/mol. The summed E-state index contributed by atoms with van der Waals surface area (Å²) >= 11 is 3.39. The predicted octanol–water partition coefficient (Wildman–Crippen LogP) is -0.112. The summed E-state index contributed by atoms with van der Waals surface area (Å²) in [6.07, 6.45) is 1.25. The fourth-order valence-corrected chi connectivity index (χ4v) is 2.44. The van der Waals surface area contributed by atoms with Crippen molar-refractivity contribution in [2.24, 2.45) is 0 Å². The van der Waals surface area contributed by atoms with Gasteiger partial charge in [0.2, 0.25) is 0 Å². The first-order chi connectivity index (χ1) is 8.02. The molecule has 0 saturated carbocycles. The Balaban J connectivity index is 2.34. The molecule has 2 N–H and O–H groups in total. The zero-order valence-corrected chi connectivity index (χ0v) is 10.8. The largest absolute Gasteiger partial charge is 0.394 e. The van der Waals surface area contributed by atoms with E-state index in [9.17, 15) is 9.59 Å². The molecule has 1 fully saturated rings. The molecule has 1 saturated heterocycles. The number of H-pyrrole nitrogens is 1. The maximum absolute atomic E-state index is 11.6. The highest BCUT2D eigenvalue weighted by Crippen LogP contribution is 2.32. The highest BCUT2D eigenvalue weighted by atomic mass is 79.9. The first kappa shape index (κ1) is 12.5. The van der Waals surface area contributed by atoms with Crippen molar-refractivity contribution >= 4 is 15.9 Å². The van der Waals surface area contributed by atoms with E-state index >= 15 is 0 Å². The van der Waals surface area contributed by atoms with Crippen LogP contribution in [0.5, 0.6) is 0 Å². The summed E-state index contributed by atoms with van der Waals surface area (Å²) in [4.78, 5) is 25.1. The summed E-state index contributed by atoms with van der Waals surface area (Å²) in [6.45, 7) is 1.52. The lowest BCUT2D eigenvalue weighted by atomic mass is 10.2. The van der Waals surface area contributed by atoms with Gasteiger partial charge in [-0.1, -0.05) is 15.9 Å². The molecule has 17 heavy (non-hydrogen) atoms. The summed E-state index contributed by atoms with van der Waals surface area (Å²) in [6, 6.07) is 0. The van der Waals surface area contributed by atoms with E-state index in [1.165, 1.54) is 10.8 Å². The van der Waals surface area contributed by atoms with Gasteiger partial charge in [0.15, 0.2) is 0 Å². The third-order valence-corrected chi connectivity index (χ3v) is 3.76. The van der Waals surface area contributed by atoms with E-state index in [4.69, 9.17) is 9.84 Å². The maximum atomic E-state index is 11.6. The average molecular weight is 305 g/mol. The van der Waals surface area contributed by atoms with Crippen LogP contribution in [0.1, 0.15) is 18.2 Å². The van der Waals surface area contributed by atoms with Crippen LogP contribution >= 0.6 is 15.9 Å². The van der Waals surface area contributed by atoms with E-state index in [2.05, 4.69) is 20.9 Å². The Hall–Kier alpha value is -0.920. The second-order valence-electron chi connectivity index (χ2n) is 4.04. The van der Waals surface area contributed by atoms with Crippen molar-refractivity contribution in [2.45, 2.75) is 30.5 Å². The normalized spacial score (nSPS) is 28.5. The number of aliphatic hydroxyl groups is 1. The molecule has 2 heterocycles. The van der Waals surface area contributed by atoms with Crippen LogP contribution in [-0.2, 0) is 4.74 Å². The van der Waals surface area contributed by atoms with Crippen molar-refractivity contribution in [3.63, 3.8) is 0 Å². The van der Waals surface area contributed by atoms with Gasteiger partial charge in [-0.05, 0) is 6.92 Å². The van der Waals surface area contributed by atoms with Gasteiger partial charge in [0.25, 0.3) is 5.56 Å². The number of halogens is 1. The first-order valence-electron chi connectivity index (χ1n) is 5.25. The standard InChI is InChI=1S/C10H13BrN2O4/c1-5-3-13(10(16)12-9(5)15)8-2-6(11)7(4-14)17-8/h3,6-8,14H,2,4H2,1H3,(H,12,15,16)/t6?,7-,8-/m1/s1. The Morgan fingerprint density at radius 3 is 2.94 bits per heavy atom. The van der Waals surface area contributed by atoms with Crippen molar-refractivity contribution < 1.29 is 9.84 Å². The topological polar surface area (TPSA) is 84.3 Å². The first-order valence-corrected chi connectivity index (χ1v) is 6.17. The van der Waals surface area contributed by atoms with Gasteiger partial charge in [-0.25, -0.2) is 4.79 Å². The molecule has 0 aliphatic carbocycles. The SMILES string of the molecule is Cc1cn([C@H]2CC(Br)[C@@H](CO)O2)c(=O)[nH]c1=O. The molecule has 94 valence electrons. The van der Waals surface area contributed by atoms with Gasteiger partial charge in [0.05, 0.1) is 12.7 Å². The Labute approximate surface area is 105 Å². The molecule has 0 aromatic carbocycles. The number of aryl methyl sites for hydroxylation is 1. The molecule has 3 atom stereocenters. The van der Waals surface area contributed by atoms with Gasteiger partial charge in [-0.3, -0.25) is 14.3 Å². The molecule has 1 unspecified atom stereocenters. The summed E-state index contributed by atoms with van der Waals surface area (Å²) in [5.41, 5.74) is -0.436. The van der Waals surface area contributed by atoms with Gasteiger partial charge in [0, 0.05) is 23.0 Å². The number of nitrogens with zero attached hydrogens (tertiary/aromatic N) is 1. The summed E-state index contributed by atoms with van der Waals surface area (Å²) in [5.74, 6) is 0. The zero-order valence-electron chi connectivity index (χ0n) is 9.22. The predicted molar refractivity (Wildman–Crippen MR) is 64.4 cm³/mol. The summed E-state index contributed by atoms with van der Waals surface area (Å²) < 4.78 is 6.88. The number of aromatic nitrogens is 2. The molecule has 1 aromatic heterocycles. The lowest BCUT2D eigenvalue weighted by molar-refractivity contribution is -0.0236. The second kappa shape index (κ2) is 4.75. The van der Waals surface area contributed by atoms with E-state index in [-0.39, 0.29) is 17.5 Å². The number of hydrogen-bond donors (Lipinski definition) is 2. The van der Waals surface area contributed by atoms with E-state index in [1.807, 2.05) is 0 Å². The summed E-state index contributed by atoms with van der Waals surface area (Å²) in [7, 11) is 0. The van der Waals surface area contributed by atoms with Crippen LogP contribution in [0, 0.1) is 6.92 Å². The van der Waals surface area contributed by atoms with Crippen LogP contribution in [0.3, 0.4) is 0 Å². The van der Waals surface area contributed by atoms with Gasteiger partial charge in [-0.15, -0.1) is 0 Å². The zero-order chi connectivity index (χ0) is 12.6. The lowest BCUT2D eigenvalue weighted by Crippen LogP contribution is -2.33. The molecule has 0 bridgehead atoms. The van der Waals surface area contributed by atoms with Crippen LogP contribution in [0.4, 0.5) is 0 Å². The Morgan fingerprint density at radius 2 is 2.35 bits per heavy atom. The molecule has 0 amide bonds. The molecule has 0 radical (unpaired) electrons. The molecular formula is C10H13BrN2O4. The van der Waals surface area contributed by atoms with Gasteiger partial charge in [-0.2, -0.15) is 0 Å². The minimum absolute atomic E-state index is 0.00312. The molecule has 0 spiro atoms. The second-order valence-corrected chi connectivity index (χ2v) is 5.22. The molecule has 2 rings (SSSR count). The monoisotopic (exact) mass is 304 g/mol. The molecule has 1 aliphatic heterocycles. The minimum Gasteiger partial charge on any atom is -0.394 e. The molecule has 7 heteroatoms. The van der Waals surface area contributed by atoms with Crippen LogP contribution in [0.25, 0.3) is 0 Å². The third kappa shape index (κ3) is 2.36. The van der Waals surface area contributed by atoms with Crippen molar-refractivity contribution in [1.29, 1.82) is 0 Å². The van der Waals surface area contributed by atoms with Crippen molar-refractivity contribution in [2.75, 3.05) is 6.61 Å². The maximum Gasteiger partial charge on any atom is 0.330 e. The molecule has 6 nitrogen and oxygen atoms in total.